The number of nitro groups is 1. The van der Waals surface area contributed by atoms with E-state index in [9.17, 15) is 18.5 Å². The van der Waals surface area contributed by atoms with Crippen molar-refractivity contribution in [1.29, 1.82) is 0 Å². The summed E-state index contributed by atoms with van der Waals surface area (Å²) in [6.45, 7) is 0. The predicted octanol–water partition coefficient (Wildman–Crippen LogP) is 0.251. The van der Waals surface area contributed by atoms with E-state index in [1.54, 1.807) is 0 Å². The highest BCUT2D eigenvalue weighted by Crippen LogP contribution is 2.24. The Kier molecular flexibility index (Phi) is 2.91. The van der Waals surface area contributed by atoms with E-state index in [1.165, 1.54) is 7.11 Å². The van der Waals surface area contributed by atoms with Crippen LogP contribution in [0.25, 0.3) is 0 Å². The van der Waals surface area contributed by atoms with Crippen LogP contribution in [-0.2, 0) is 10.0 Å². The van der Waals surface area contributed by atoms with Crippen molar-refractivity contribution in [1.82, 2.24) is 0 Å². The lowest BCUT2D eigenvalue weighted by Crippen LogP contribution is -2.12. The fourth-order valence-electron chi connectivity index (χ4n) is 0.944. The third kappa shape index (κ3) is 2.64. The zero-order chi connectivity index (χ0) is 11.6. The average molecular weight is 232 g/mol. The van der Waals surface area contributed by atoms with Crippen LogP contribution in [0.5, 0.6) is 5.75 Å². The van der Waals surface area contributed by atoms with Crippen LogP contribution < -0.4 is 9.88 Å². The van der Waals surface area contributed by atoms with Crippen molar-refractivity contribution >= 4 is 15.7 Å². The molecule has 0 heterocycles. The second-order valence-corrected chi connectivity index (χ2v) is 4.23. The highest BCUT2D eigenvalue weighted by molar-refractivity contribution is 7.89. The van der Waals surface area contributed by atoms with Gasteiger partial charge in [0.05, 0.1) is 23.0 Å². The summed E-state index contributed by atoms with van der Waals surface area (Å²) >= 11 is 0. The lowest BCUT2D eigenvalue weighted by atomic mass is 10.3. The number of nitrogens with zero attached hydrogens (tertiary/aromatic N) is 1. The number of hydrogen-bond acceptors (Lipinski definition) is 5. The summed E-state index contributed by atoms with van der Waals surface area (Å²) in [4.78, 5) is 9.38. The molecule has 0 saturated heterocycles. The van der Waals surface area contributed by atoms with Crippen molar-refractivity contribution in [3.05, 3.63) is 28.3 Å². The van der Waals surface area contributed by atoms with Crippen LogP contribution in [0, 0.1) is 10.1 Å². The summed E-state index contributed by atoms with van der Waals surface area (Å²) in [5, 5.41) is 15.3. The molecule has 15 heavy (non-hydrogen) atoms. The number of primary sulfonamides is 1. The molecule has 1 aromatic carbocycles. The largest absolute Gasteiger partial charge is 0.496 e. The molecule has 0 saturated carbocycles. The Hall–Kier alpha value is -1.67. The first kappa shape index (κ1) is 11.4. The molecule has 7 nitrogen and oxygen atoms in total. The number of methoxy groups -OCH3 is 1. The van der Waals surface area contributed by atoms with Crippen molar-refractivity contribution < 1.29 is 18.1 Å². The van der Waals surface area contributed by atoms with Gasteiger partial charge in [0, 0.05) is 12.1 Å². The van der Waals surface area contributed by atoms with Gasteiger partial charge in [-0.15, -0.1) is 0 Å². The molecule has 0 aliphatic carbocycles. The summed E-state index contributed by atoms with van der Waals surface area (Å²) in [5.74, 6) is 0.0632. The molecule has 0 atom stereocenters. The first-order chi connectivity index (χ1) is 6.84. The van der Waals surface area contributed by atoms with E-state index in [4.69, 9.17) is 9.88 Å². The maximum absolute atomic E-state index is 11.0. The van der Waals surface area contributed by atoms with Crippen molar-refractivity contribution in [3.63, 3.8) is 0 Å². The summed E-state index contributed by atoms with van der Waals surface area (Å²) in [6.07, 6.45) is 0. The topological polar surface area (TPSA) is 113 Å². The molecule has 0 aliphatic rings. The molecule has 2 N–H and O–H groups in total. The molecular formula is C7H8N2O5S. The molecule has 82 valence electrons. The molecule has 8 heteroatoms. The number of hydrogen-bond donors (Lipinski definition) is 1. The molecular weight excluding hydrogens is 224 g/mol. The maximum atomic E-state index is 11.0. The van der Waals surface area contributed by atoms with Gasteiger partial charge in [-0.1, -0.05) is 0 Å². The van der Waals surface area contributed by atoms with Gasteiger partial charge in [0.15, 0.2) is 0 Å². The Morgan fingerprint density at radius 2 is 2.00 bits per heavy atom. The predicted molar refractivity (Wildman–Crippen MR) is 51.0 cm³/mol. The van der Waals surface area contributed by atoms with Gasteiger partial charge in [-0.05, 0) is 0 Å². The highest BCUT2D eigenvalue weighted by Gasteiger charge is 2.16. The third-order valence-corrected chi connectivity index (χ3v) is 2.53. The van der Waals surface area contributed by atoms with Crippen molar-refractivity contribution in [2.75, 3.05) is 7.11 Å². The Labute approximate surface area is 85.7 Å². The fraction of sp³-hybridized carbons (Fsp3) is 0.143. The number of sulfonamides is 1. The summed E-state index contributed by atoms with van der Waals surface area (Å²) in [5.41, 5.74) is -0.390. The van der Waals surface area contributed by atoms with Gasteiger partial charge in [-0.2, -0.15) is 0 Å². The first-order valence-corrected chi connectivity index (χ1v) is 5.25. The monoisotopic (exact) mass is 232 g/mol. The van der Waals surface area contributed by atoms with Gasteiger partial charge >= 0.3 is 0 Å². The van der Waals surface area contributed by atoms with Crippen molar-refractivity contribution in [2.45, 2.75) is 4.90 Å². The van der Waals surface area contributed by atoms with Crippen LogP contribution in [0.3, 0.4) is 0 Å². The second kappa shape index (κ2) is 3.83. The lowest BCUT2D eigenvalue weighted by molar-refractivity contribution is -0.385. The quantitative estimate of drug-likeness (QED) is 0.592. The standard InChI is InChI=1S/C7H8N2O5S/c1-14-6-2-5(9(10)11)3-7(4-6)15(8,12)13/h2-4H,1H3,(H2,8,12,13). The molecule has 0 spiro atoms. The van der Waals surface area contributed by atoms with Crippen LogP contribution in [0.1, 0.15) is 0 Å². The molecule has 0 radical (unpaired) electrons. The number of rotatable bonds is 3. The lowest BCUT2D eigenvalue weighted by Gasteiger charge is -2.02. The Morgan fingerprint density at radius 1 is 1.40 bits per heavy atom. The highest BCUT2D eigenvalue weighted by atomic mass is 32.2. The van der Waals surface area contributed by atoms with Gasteiger partial charge in [-0.3, -0.25) is 10.1 Å². The number of ether oxygens (including phenoxy) is 1. The van der Waals surface area contributed by atoms with Crippen LogP contribution in [0.2, 0.25) is 0 Å². The van der Waals surface area contributed by atoms with E-state index >= 15 is 0 Å². The van der Waals surface area contributed by atoms with Gasteiger partial charge in [0.25, 0.3) is 5.69 Å². The molecule has 0 amide bonds. The van der Waals surface area contributed by atoms with Crippen LogP contribution in [0.15, 0.2) is 23.1 Å². The minimum absolute atomic E-state index is 0.0632. The normalized spacial score (nSPS) is 11.1. The van der Waals surface area contributed by atoms with E-state index in [2.05, 4.69) is 0 Å². The number of non-ortho nitro benzene ring substituents is 1. The molecule has 0 aliphatic heterocycles. The van der Waals surface area contributed by atoms with Gasteiger partial charge in [0.2, 0.25) is 10.0 Å². The second-order valence-electron chi connectivity index (χ2n) is 2.67. The van der Waals surface area contributed by atoms with E-state index in [1.807, 2.05) is 0 Å². The van der Waals surface area contributed by atoms with Crippen molar-refractivity contribution in [3.8, 4) is 5.75 Å². The number of benzene rings is 1. The number of nitro benzene ring substituents is 1. The Morgan fingerprint density at radius 3 is 2.40 bits per heavy atom. The first-order valence-electron chi connectivity index (χ1n) is 3.71. The molecule has 0 unspecified atom stereocenters. The molecule has 0 bridgehead atoms. The van der Waals surface area contributed by atoms with Gasteiger partial charge in [0.1, 0.15) is 5.75 Å². The minimum atomic E-state index is -3.98. The zero-order valence-electron chi connectivity index (χ0n) is 7.71. The smallest absolute Gasteiger partial charge is 0.274 e. The third-order valence-electron chi connectivity index (χ3n) is 1.64. The SMILES string of the molecule is COc1cc([N+](=O)[O-])cc(S(N)(=O)=O)c1. The molecule has 1 rings (SSSR count). The Balaban J connectivity index is 3.43. The zero-order valence-corrected chi connectivity index (χ0v) is 8.52. The fourth-order valence-corrected chi connectivity index (χ4v) is 1.51. The van der Waals surface area contributed by atoms with Gasteiger partial charge in [-0.25, -0.2) is 13.6 Å². The summed E-state index contributed by atoms with van der Waals surface area (Å²) < 4.78 is 26.7. The van der Waals surface area contributed by atoms with Gasteiger partial charge < -0.3 is 4.74 Å². The van der Waals surface area contributed by atoms with E-state index < -0.39 is 20.6 Å². The van der Waals surface area contributed by atoms with Crippen LogP contribution >= 0.6 is 0 Å². The molecule has 1 aromatic rings. The number of nitrogens with two attached hydrogens (primary N) is 1. The van der Waals surface area contributed by atoms with E-state index in [0.29, 0.717) is 0 Å². The van der Waals surface area contributed by atoms with E-state index in [0.717, 1.165) is 18.2 Å². The minimum Gasteiger partial charge on any atom is -0.496 e. The summed E-state index contributed by atoms with van der Waals surface area (Å²) in [7, 11) is -2.71. The van der Waals surface area contributed by atoms with Crippen LogP contribution in [-0.4, -0.2) is 20.5 Å². The summed E-state index contributed by atoms with van der Waals surface area (Å²) in [6, 6.07) is 3.09. The van der Waals surface area contributed by atoms with E-state index in [-0.39, 0.29) is 10.6 Å². The molecule has 0 fully saturated rings. The van der Waals surface area contributed by atoms with Crippen LogP contribution in [0.4, 0.5) is 5.69 Å². The maximum Gasteiger partial charge on any atom is 0.274 e. The molecule has 0 aromatic heterocycles. The van der Waals surface area contributed by atoms with Crippen molar-refractivity contribution in [2.24, 2.45) is 5.14 Å². The average Bonchev–Trinajstić information content (AvgIpc) is 2.15. The Bertz CT molecular complexity index is 496.